The molecule has 0 spiro atoms. The Morgan fingerprint density at radius 3 is 1.72 bits per heavy atom. The summed E-state index contributed by atoms with van der Waals surface area (Å²) in [5.41, 5.74) is 0. The molecule has 2 heteroatoms. The van der Waals surface area contributed by atoms with E-state index in [-0.39, 0.29) is 5.79 Å². The van der Waals surface area contributed by atoms with Gasteiger partial charge in [0.15, 0.2) is 5.79 Å². The minimum atomic E-state index is -0.205. The van der Waals surface area contributed by atoms with Crippen LogP contribution in [0.5, 0.6) is 0 Å². The van der Waals surface area contributed by atoms with Crippen LogP contribution in [-0.4, -0.2) is 19.0 Å². The molecular weight excluding hydrogens is 224 g/mol. The van der Waals surface area contributed by atoms with E-state index in [1.165, 1.54) is 44.9 Å². The van der Waals surface area contributed by atoms with Gasteiger partial charge < -0.3 is 9.47 Å². The summed E-state index contributed by atoms with van der Waals surface area (Å²) in [5.74, 6) is -0.205. The third kappa shape index (κ3) is 8.10. The molecule has 110 valence electrons. The van der Waals surface area contributed by atoms with Crippen LogP contribution in [0.4, 0.5) is 0 Å². The van der Waals surface area contributed by atoms with Crippen molar-refractivity contribution in [2.75, 3.05) is 13.2 Å². The molecule has 1 fully saturated rings. The third-order valence-electron chi connectivity index (χ3n) is 3.14. The zero-order valence-electron chi connectivity index (χ0n) is 13.1. The average Bonchev–Trinajstić information content (AvgIpc) is 2.83. The molecule has 0 atom stereocenters. The van der Waals surface area contributed by atoms with E-state index >= 15 is 0 Å². The lowest BCUT2D eigenvalue weighted by Crippen LogP contribution is -2.29. The molecule has 18 heavy (non-hydrogen) atoms. The maximum atomic E-state index is 5.80. The molecule has 0 bridgehead atoms. The van der Waals surface area contributed by atoms with Gasteiger partial charge in [-0.3, -0.25) is 0 Å². The summed E-state index contributed by atoms with van der Waals surface area (Å²) in [6, 6.07) is 0. The summed E-state index contributed by atoms with van der Waals surface area (Å²) in [6.07, 6.45) is 11.1. The molecule has 0 N–H and O–H groups in total. The van der Waals surface area contributed by atoms with Crippen LogP contribution in [0.1, 0.15) is 85.5 Å². The van der Waals surface area contributed by atoms with E-state index in [2.05, 4.69) is 27.7 Å². The van der Waals surface area contributed by atoms with Crippen molar-refractivity contribution in [1.82, 2.24) is 0 Å². The van der Waals surface area contributed by atoms with Gasteiger partial charge in [0, 0.05) is 12.8 Å². The van der Waals surface area contributed by atoms with Crippen LogP contribution in [0.15, 0.2) is 0 Å². The Bertz CT molecular complexity index is 162. The van der Waals surface area contributed by atoms with Gasteiger partial charge in [-0.25, -0.2) is 0 Å². The largest absolute Gasteiger partial charge is 0.348 e. The van der Waals surface area contributed by atoms with Gasteiger partial charge in [0.2, 0.25) is 0 Å². The first-order valence-electron chi connectivity index (χ1n) is 8.02. The Kier molecular flexibility index (Phi) is 11.9. The van der Waals surface area contributed by atoms with Crippen LogP contribution in [0.2, 0.25) is 0 Å². The van der Waals surface area contributed by atoms with E-state index in [4.69, 9.17) is 9.47 Å². The third-order valence-corrected chi connectivity index (χ3v) is 3.14. The fourth-order valence-electron chi connectivity index (χ4n) is 2.18. The average molecular weight is 258 g/mol. The molecule has 0 aromatic rings. The standard InChI is InChI=1S/C13H26O2.C3H8/c1-3-5-7-8-10-13(9-6-4-2)14-11-12-15-13;1-3-2/h3-12H2,1-2H3;3H2,1-2H3. The first-order chi connectivity index (χ1) is 8.74. The zero-order chi connectivity index (χ0) is 13.7. The molecule has 1 rings (SSSR count). The molecule has 1 saturated heterocycles. The van der Waals surface area contributed by atoms with Crippen molar-refractivity contribution in [3.63, 3.8) is 0 Å². The monoisotopic (exact) mass is 258 g/mol. The van der Waals surface area contributed by atoms with E-state index in [9.17, 15) is 0 Å². The minimum Gasteiger partial charge on any atom is -0.348 e. The molecule has 0 aliphatic carbocycles. The van der Waals surface area contributed by atoms with Gasteiger partial charge in [-0.15, -0.1) is 0 Å². The molecule has 0 unspecified atom stereocenters. The SMILES string of the molecule is CCC.CCCCCCC1(CCCC)OCCO1. The van der Waals surface area contributed by atoms with Crippen LogP contribution in [0, 0.1) is 0 Å². The number of unbranched alkanes of at least 4 members (excludes halogenated alkanes) is 4. The lowest BCUT2D eigenvalue weighted by Gasteiger charge is -2.27. The summed E-state index contributed by atoms with van der Waals surface area (Å²) in [5, 5.41) is 0. The van der Waals surface area contributed by atoms with Gasteiger partial charge >= 0.3 is 0 Å². The van der Waals surface area contributed by atoms with Gasteiger partial charge in [0.05, 0.1) is 13.2 Å². The lowest BCUT2D eigenvalue weighted by molar-refractivity contribution is -0.168. The summed E-state index contributed by atoms with van der Waals surface area (Å²) >= 11 is 0. The molecule has 1 aliphatic rings. The Balaban J connectivity index is 0.000000873. The molecule has 2 nitrogen and oxygen atoms in total. The normalized spacial score (nSPS) is 17.3. The molecule has 0 saturated carbocycles. The first-order valence-corrected chi connectivity index (χ1v) is 8.02. The second-order valence-electron chi connectivity index (χ2n) is 5.23. The first kappa shape index (κ1) is 17.9. The van der Waals surface area contributed by atoms with Crippen LogP contribution >= 0.6 is 0 Å². The minimum absolute atomic E-state index is 0.205. The molecule has 0 amide bonds. The molecule has 1 heterocycles. The van der Waals surface area contributed by atoms with Crippen molar-refractivity contribution in [2.24, 2.45) is 0 Å². The lowest BCUT2D eigenvalue weighted by atomic mass is 10.0. The quantitative estimate of drug-likeness (QED) is 0.549. The number of rotatable bonds is 8. The van der Waals surface area contributed by atoms with Crippen molar-refractivity contribution in [1.29, 1.82) is 0 Å². The molecule has 0 radical (unpaired) electrons. The van der Waals surface area contributed by atoms with Crippen molar-refractivity contribution >= 4 is 0 Å². The van der Waals surface area contributed by atoms with Crippen LogP contribution < -0.4 is 0 Å². The van der Waals surface area contributed by atoms with Gasteiger partial charge in [0.1, 0.15) is 0 Å². The number of hydrogen-bond acceptors (Lipinski definition) is 2. The van der Waals surface area contributed by atoms with E-state index in [1.54, 1.807) is 0 Å². The van der Waals surface area contributed by atoms with Crippen LogP contribution in [0.25, 0.3) is 0 Å². The predicted octanol–water partition coefficient (Wildman–Crippen LogP) is 5.31. The van der Waals surface area contributed by atoms with Crippen molar-refractivity contribution in [3.8, 4) is 0 Å². The molecule has 0 aromatic heterocycles. The summed E-state index contributed by atoms with van der Waals surface area (Å²) in [4.78, 5) is 0. The van der Waals surface area contributed by atoms with E-state index in [0.717, 1.165) is 26.1 Å². The Labute approximate surface area is 114 Å². The summed E-state index contributed by atoms with van der Waals surface area (Å²) in [6.45, 7) is 10.3. The maximum Gasteiger partial charge on any atom is 0.168 e. The van der Waals surface area contributed by atoms with Crippen LogP contribution in [0.3, 0.4) is 0 Å². The van der Waals surface area contributed by atoms with Gasteiger partial charge in [0.25, 0.3) is 0 Å². The van der Waals surface area contributed by atoms with Crippen molar-refractivity contribution < 1.29 is 9.47 Å². The fraction of sp³-hybridized carbons (Fsp3) is 1.00. The summed E-state index contributed by atoms with van der Waals surface area (Å²) < 4.78 is 11.6. The summed E-state index contributed by atoms with van der Waals surface area (Å²) in [7, 11) is 0. The zero-order valence-corrected chi connectivity index (χ0v) is 13.1. The Morgan fingerprint density at radius 1 is 0.722 bits per heavy atom. The molecule has 0 aromatic carbocycles. The highest BCUT2D eigenvalue weighted by Crippen LogP contribution is 2.31. The van der Waals surface area contributed by atoms with Crippen molar-refractivity contribution in [2.45, 2.75) is 91.3 Å². The van der Waals surface area contributed by atoms with E-state index in [1.807, 2.05) is 0 Å². The number of ether oxygens (including phenoxy) is 2. The topological polar surface area (TPSA) is 18.5 Å². The number of hydrogen-bond donors (Lipinski definition) is 0. The van der Waals surface area contributed by atoms with Crippen molar-refractivity contribution in [3.05, 3.63) is 0 Å². The fourth-order valence-corrected chi connectivity index (χ4v) is 2.18. The highest BCUT2D eigenvalue weighted by Gasteiger charge is 2.34. The smallest absolute Gasteiger partial charge is 0.168 e. The molecular formula is C16H34O2. The maximum absolute atomic E-state index is 5.80. The predicted molar refractivity (Wildman–Crippen MR) is 78.9 cm³/mol. The highest BCUT2D eigenvalue weighted by molar-refractivity contribution is 4.74. The van der Waals surface area contributed by atoms with E-state index in [0.29, 0.717) is 0 Å². The Morgan fingerprint density at radius 2 is 1.22 bits per heavy atom. The molecule has 1 aliphatic heterocycles. The van der Waals surface area contributed by atoms with E-state index < -0.39 is 0 Å². The second-order valence-corrected chi connectivity index (χ2v) is 5.23. The second kappa shape index (κ2) is 12.0. The van der Waals surface area contributed by atoms with Gasteiger partial charge in [-0.1, -0.05) is 59.8 Å². The van der Waals surface area contributed by atoms with Gasteiger partial charge in [-0.05, 0) is 12.8 Å². The highest BCUT2D eigenvalue weighted by atomic mass is 16.7. The Hall–Kier alpha value is -0.0800. The van der Waals surface area contributed by atoms with Gasteiger partial charge in [-0.2, -0.15) is 0 Å². The van der Waals surface area contributed by atoms with Crippen LogP contribution in [-0.2, 0) is 9.47 Å².